The SMILES string of the molecule is CNCCCNc1ncnc2[nH]c(O)c(C=NC3C=C(OCCN(C)C4(C(=O)O)CC4)C=CC3C)c12. The van der Waals surface area contributed by atoms with E-state index in [4.69, 9.17) is 9.73 Å². The van der Waals surface area contributed by atoms with Gasteiger partial charge in [0.2, 0.25) is 0 Å². The molecule has 11 heteroatoms. The number of H-pyrrole nitrogens is 1. The summed E-state index contributed by atoms with van der Waals surface area (Å²) in [6, 6.07) is -0.183. The zero-order valence-electron chi connectivity index (χ0n) is 21.0. The number of aliphatic carboxylic acids is 1. The number of aromatic nitrogens is 3. The largest absolute Gasteiger partial charge is 0.494 e. The quantitative estimate of drug-likeness (QED) is 0.207. The number of ether oxygens (including phenoxy) is 1. The second-order valence-corrected chi connectivity index (χ2v) is 9.38. The van der Waals surface area contributed by atoms with Crippen molar-refractivity contribution in [3.05, 3.63) is 35.9 Å². The lowest BCUT2D eigenvalue weighted by molar-refractivity contribution is -0.144. The van der Waals surface area contributed by atoms with E-state index in [-0.39, 0.29) is 17.8 Å². The number of rotatable bonds is 13. The number of hydrogen-bond acceptors (Lipinski definition) is 9. The summed E-state index contributed by atoms with van der Waals surface area (Å²) in [6.45, 7) is 4.58. The van der Waals surface area contributed by atoms with Crippen LogP contribution in [0.25, 0.3) is 11.0 Å². The fourth-order valence-electron chi connectivity index (χ4n) is 4.33. The van der Waals surface area contributed by atoms with Crippen molar-refractivity contribution in [2.75, 3.05) is 45.7 Å². The van der Waals surface area contributed by atoms with Gasteiger partial charge in [0.05, 0.1) is 17.0 Å². The number of carbonyl (C=O) groups is 1. The molecule has 1 fully saturated rings. The molecule has 0 amide bonds. The zero-order valence-corrected chi connectivity index (χ0v) is 21.0. The molecule has 0 bridgehead atoms. The van der Waals surface area contributed by atoms with Gasteiger partial charge in [-0.1, -0.05) is 13.0 Å². The number of aliphatic imine (C=N–C) groups is 1. The average Bonchev–Trinajstić information content (AvgIpc) is 3.61. The van der Waals surface area contributed by atoms with E-state index in [1.54, 1.807) is 6.21 Å². The summed E-state index contributed by atoms with van der Waals surface area (Å²) in [4.78, 5) is 29.6. The molecule has 4 rings (SSSR count). The van der Waals surface area contributed by atoms with Crippen LogP contribution in [0.3, 0.4) is 0 Å². The molecular weight excluding hydrogens is 462 g/mol. The summed E-state index contributed by atoms with van der Waals surface area (Å²) in [5.74, 6) is 0.696. The molecule has 0 aromatic carbocycles. The van der Waals surface area contributed by atoms with Gasteiger partial charge in [-0.15, -0.1) is 0 Å². The number of allylic oxidation sites excluding steroid dienone is 1. The van der Waals surface area contributed by atoms with Gasteiger partial charge in [0.25, 0.3) is 0 Å². The Morgan fingerprint density at radius 2 is 2.19 bits per heavy atom. The molecule has 1 saturated carbocycles. The Bertz CT molecular complexity index is 1170. The van der Waals surface area contributed by atoms with Crippen LogP contribution in [0.1, 0.15) is 31.7 Å². The van der Waals surface area contributed by atoms with Crippen LogP contribution in [-0.2, 0) is 9.53 Å². The molecule has 5 N–H and O–H groups in total. The molecule has 2 atom stereocenters. The fraction of sp³-hybridized carbons (Fsp3) is 0.520. The molecule has 2 unspecified atom stereocenters. The maximum Gasteiger partial charge on any atom is 0.324 e. The molecule has 11 nitrogen and oxygen atoms in total. The van der Waals surface area contributed by atoms with E-state index in [2.05, 4.69) is 32.5 Å². The van der Waals surface area contributed by atoms with E-state index >= 15 is 0 Å². The Hall–Kier alpha value is -3.44. The molecule has 2 aliphatic carbocycles. The van der Waals surface area contributed by atoms with Crippen LogP contribution in [0.5, 0.6) is 5.88 Å². The van der Waals surface area contributed by atoms with E-state index in [9.17, 15) is 15.0 Å². The van der Waals surface area contributed by atoms with Crippen molar-refractivity contribution in [3.8, 4) is 5.88 Å². The van der Waals surface area contributed by atoms with Gasteiger partial charge >= 0.3 is 5.97 Å². The lowest BCUT2D eigenvalue weighted by atomic mass is 9.97. The molecule has 2 aliphatic rings. The number of anilines is 1. The Morgan fingerprint density at radius 1 is 1.39 bits per heavy atom. The van der Waals surface area contributed by atoms with Gasteiger partial charge < -0.3 is 30.6 Å². The Balaban J connectivity index is 1.43. The van der Waals surface area contributed by atoms with Crippen LogP contribution in [0.15, 0.2) is 35.3 Å². The van der Waals surface area contributed by atoms with Gasteiger partial charge in [-0.2, -0.15) is 0 Å². The standard InChI is InChI=1S/C25H35N7O4/c1-16-5-6-17(36-12-11-32(3)25(7-8-25)24(34)35)13-19(16)28-14-18-20-21(27-10-4-9-26-2)29-15-30-22(20)31-23(18)33/h5-6,13-16,19,26,33H,4,7-12H2,1-3H3,(H,34,35)(H2,27,29,30,31). The first kappa shape index (κ1) is 25.6. The van der Waals surface area contributed by atoms with Crippen molar-refractivity contribution in [1.29, 1.82) is 0 Å². The molecule has 0 saturated heterocycles. The van der Waals surface area contributed by atoms with Crippen molar-refractivity contribution in [2.24, 2.45) is 10.9 Å². The molecule has 2 aromatic rings. The highest BCUT2D eigenvalue weighted by molar-refractivity contribution is 6.05. The highest BCUT2D eigenvalue weighted by Gasteiger charge is 2.53. The second kappa shape index (κ2) is 11.1. The molecule has 2 heterocycles. The number of carboxylic acid groups (broad SMARTS) is 1. The molecule has 0 spiro atoms. The van der Waals surface area contributed by atoms with E-state index in [1.807, 2.05) is 37.2 Å². The lowest BCUT2D eigenvalue weighted by Gasteiger charge is -2.25. The van der Waals surface area contributed by atoms with Crippen LogP contribution in [-0.4, -0.2) is 94.2 Å². The molecule has 0 radical (unpaired) electrons. The highest BCUT2D eigenvalue weighted by Crippen LogP contribution is 2.41. The molecule has 36 heavy (non-hydrogen) atoms. The summed E-state index contributed by atoms with van der Waals surface area (Å²) in [5, 5.41) is 27.1. The van der Waals surface area contributed by atoms with E-state index in [1.165, 1.54) is 6.33 Å². The van der Waals surface area contributed by atoms with Gasteiger partial charge in [0.15, 0.2) is 5.88 Å². The third-order valence-corrected chi connectivity index (χ3v) is 6.87. The van der Waals surface area contributed by atoms with Crippen LogP contribution in [0, 0.1) is 5.92 Å². The normalized spacial score (nSPS) is 20.7. The van der Waals surface area contributed by atoms with Crippen LogP contribution < -0.4 is 10.6 Å². The summed E-state index contributed by atoms with van der Waals surface area (Å²) in [6.07, 6.45) is 11.3. The molecule has 2 aromatic heterocycles. The van der Waals surface area contributed by atoms with E-state index in [0.717, 1.165) is 19.5 Å². The highest BCUT2D eigenvalue weighted by atomic mass is 16.5. The van der Waals surface area contributed by atoms with Gasteiger partial charge in [-0.25, -0.2) is 9.97 Å². The molecule has 194 valence electrons. The third-order valence-electron chi connectivity index (χ3n) is 6.87. The van der Waals surface area contributed by atoms with Crippen molar-refractivity contribution in [2.45, 2.75) is 37.8 Å². The van der Waals surface area contributed by atoms with Crippen LogP contribution >= 0.6 is 0 Å². The third kappa shape index (κ3) is 5.52. The Labute approximate surface area is 210 Å². The van der Waals surface area contributed by atoms with Gasteiger partial charge in [0, 0.05) is 25.2 Å². The van der Waals surface area contributed by atoms with Crippen molar-refractivity contribution in [3.63, 3.8) is 0 Å². The number of aromatic hydroxyl groups is 1. The summed E-state index contributed by atoms with van der Waals surface area (Å²) in [5.41, 5.74) is 0.340. The smallest absolute Gasteiger partial charge is 0.324 e. The Morgan fingerprint density at radius 3 is 2.92 bits per heavy atom. The number of hydrogen-bond donors (Lipinski definition) is 5. The first-order chi connectivity index (χ1) is 17.4. The number of nitrogens with one attached hydrogen (secondary N) is 3. The van der Waals surface area contributed by atoms with Gasteiger partial charge in [0.1, 0.15) is 35.7 Å². The minimum Gasteiger partial charge on any atom is -0.494 e. The summed E-state index contributed by atoms with van der Waals surface area (Å²) < 4.78 is 5.92. The predicted molar refractivity (Wildman–Crippen MR) is 139 cm³/mol. The fourth-order valence-corrected chi connectivity index (χ4v) is 4.33. The second-order valence-electron chi connectivity index (χ2n) is 9.38. The maximum atomic E-state index is 11.5. The maximum absolute atomic E-state index is 11.5. The van der Waals surface area contributed by atoms with Crippen LogP contribution in [0.4, 0.5) is 5.82 Å². The monoisotopic (exact) mass is 497 g/mol. The summed E-state index contributed by atoms with van der Waals surface area (Å²) >= 11 is 0. The number of carboxylic acids is 1. The molecule has 0 aliphatic heterocycles. The number of aromatic amines is 1. The topological polar surface area (TPSA) is 148 Å². The zero-order chi connectivity index (χ0) is 25.7. The van der Waals surface area contributed by atoms with E-state index < -0.39 is 11.5 Å². The lowest BCUT2D eigenvalue weighted by Crippen LogP contribution is -2.42. The van der Waals surface area contributed by atoms with Crippen molar-refractivity contribution < 1.29 is 19.7 Å². The first-order valence-corrected chi connectivity index (χ1v) is 12.3. The minimum atomic E-state index is -0.771. The summed E-state index contributed by atoms with van der Waals surface area (Å²) in [7, 11) is 3.74. The number of fused-ring (bicyclic) bond motifs is 1. The number of likely N-dealkylation sites (N-methyl/N-ethyl adjacent to an activating group) is 1. The van der Waals surface area contributed by atoms with Gasteiger partial charge in [-0.05, 0) is 52.1 Å². The average molecular weight is 498 g/mol. The Kier molecular flexibility index (Phi) is 7.90. The predicted octanol–water partition coefficient (Wildman–Crippen LogP) is 2.13. The first-order valence-electron chi connectivity index (χ1n) is 12.3. The van der Waals surface area contributed by atoms with Crippen molar-refractivity contribution >= 4 is 29.0 Å². The number of nitrogens with zero attached hydrogens (tertiary/aromatic N) is 4. The molecular formula is C25H35N7O4. The van der Waals surface area contributed by atoms with E-state index in [0.29, 0.717) is 54.2 Å². The van der Waals surface area contributed by atoms with Gasteiger partial charge in [-0.3, -0.25) is 14.7 Å². The van der Waals surface area contributed by atoms with Crippen molar-refractivity contribution in [1.82, 2.24) is 25.2 Å². The van der Waals surface area contributed by atoms with Crippen LogP contribution in [0.2, 0.25) is 0 Å². The minimum absolute atomic E-state index is 0.0116.